The Hall–Kier alpha value is -2.82. The Morgan fingerprint density at radius 1 is 1.00 bits per heavy atom. The Bertz CT molecular complexity index is 693. The van der Waals surface area contributed by atoms with Crippen LogP contribution in [-0.2, 0) is 4.74 Å². The highest BCUT2D eigenvalue weighted by Gasteiger charge is 2.16. The molecule has 2 aromatic carbocycles. The number of esters is 2. The van der Waals surface area contributed by atoms with Crippen LogP contribution in [0.25, 0.3) is 0 Å². The van der Waals surface area contributed by atoms with Gasteiger partial charge in [0.25, 0.3) is 0 Å². The molecule has 5 heteroatoms. The summed E-state index contributed by atoms with van der Waals surface area (Å²) in [6.45, 7) is 2.57. The molecule has 0 atom stereocenters. The molecule has 0 unspecified atom stereocenters. The molecule has 0 aliphatic carbocycles. The van der Waals surface area contributed by atoms with Gasteiger partial charge in [-0.3, -0.25) is 0 Å². The maximum absolute atomic E-state index is 12.3. The van der Waals surface area contributed by atoms with Gasteiger partial charge < -0.3 is 14.2 Å². The van der Waals surface area contributed by atoms with E-state index in [0.717, 1.165) is 6.42 Å². The van der Waals surface area contributed by atoms with E-state index >= 15 is 0 Å². The molecule has 0 aromatic heterocycles. The van der Waals surface area contributed by atoms with Crippen molar-refractivity contribution in [2.45, 2.75) is 13.3 Å². The molecule has 0 bridgehead atoms. The molecule has 0 heterocycles. The van der Waals surface area contributed by atoms with Crippen LogP contribution in [0.5, 0.6) is 11.5 Å². The molecule has 0 fully saturated rings. The van der Waals surface area contributed by atoms with Gasteiger partial charge >= 0.3 is 11.9 Å². The number of methoxy groups -OCH3 is 1. The number of hydrogen-bond acceptors (Lipinski definition) is 5. The number of ether oxygens (including phenoxy) is 3. The predicted octanol–water partition coefficient (Wildman–Crippen LogP) is 3.48. The average molecular weight is 314 g/mol. The molecule has 5 nitrogen and oxygen atoms in total. The smallest absolute Gasteiger partial charge is 0.343 e. The first-order valence-electron chi connectivity index (χ1n) is 7.28. The molecule has 0 aliphatic heterocycles. The number of hydrogen-bond donors (Lipinski definition) is 0. The molecular formula is C18H18O5. The van der Waals surface area contributed by atoms with Gasteiger partial charge in [0.1, 0.15) is 17.1 Å². The number of carbonyl (C=O) groups is 2. The van der Waals surface area contributed by atoms with Gasteiger partial charge in [0, 0.05) is 0 Å². The molecule has 2 aromatic rings. The lowest BCUT2D eigenvalue weighted by Gasteiger charge is -2.09. The highest BCUT2D eigenvalue weighted by molar-refractivity contribution is 5.96. The second-order valence-electron chi connectivity index (χ2n) is 4.75. The van der Waals surface area contributed by atoms with Crippen molar-refractivity contribution in [3.05, 3.63) is 59.7 Å². The molecule has 120 valence electrons. The first kappa shape index (κ1) is 16.5. The first-order valence-corrected chi connectivity index (χ1v) is 7.28. The molecule has 0 saturated carbocycles. The van der Waals surface area contributed by atoms with Crippen LogP contribution in [-0.4, -0.2) is 25.7 Å². The summed E-state index contributed by atoms with van der Waals surface area (Å²) in [7, 11) is 1.27. The zero-order valence-corrected chi connectivity index (χ0v) is 13.1. The molecule has 0 N–H and O–H groups in total. The third-order valence-electron chi connectivity index (χ3n) is 3.04. The number of rotatable bonds is 6. The van der Waals surface area contributed by atoms with Gasteiger partial charge in [0.2, 0.25) is 0 Å². The van der Waals surface area contributed by atoms with E-state index in [0.29, 0.717) is 17.9 Å². The summed E-state index contributed by atoms with van der Waals surface area (Å²) < 4.78 is 15.5. The summed E-state index contributed by atoms with van der Waals surface area (Å²) in [5.74, 6) is -0.372. The van der Waals surface area contributed by atoms with Crippen LogP contribution in [0, 0.1) is 0 Å². The van der Waals surface area contributed by atoms with Crippen LogP contribution < -0.4 is 9.47 Å². The van der Waals surface area contributed by atoms with Crippen molar-refractivity contribution in [1.82, 2.24) is 0 Å². The maximum atomic E-state index is 12.3. The maximum Gasteiger partial charge on any atom is 0.343 e. The van der Waals surface area contributed by atoms with E-state index in [1.165, 1.54) is 13.2 Å². The monoisotopic (exact) mass is 314 g/mol. The Kier molecular flexibility index (Phi) is 5.74. The predicted molar refractivity (Wildman–Crippen MR) is 85.0 cm³/mol. The second kappa shape index (κ2) is 7.98. The van der Waals surface area contributed by atoms with E-state index in [2.05, 4.69) is 4.74 Å². The van der Waals surface area contributed by atoms with Gasteiger partial charge in [0.05, 0.1) is 19.3 Å². The molecule has 0 aliphatic rings. The molecule has 23 heavy (non-hydrogen) atoms. The highest BCUT2D eigenvalue weighted by Crippen LogP contribution is 2.21. The molecule has 0 saturated heterocycles. The van der Waals surface area contributed by atoms with Crippen LogP contribution in [0.2, 0.25) is 0 Å². The van der Waals surface area contributed by atoms with E-state index < -0.39 is 11.9 Å². The standard InChI is InChI=1S/C18H18O5/c1-3-11-22-14-8-6-7-13(12-14)17(19)23-16-10-5-4-9-15(16)18(20)21-2/h4-10,12H,3,11H2,1-2H3. The van der Waals surface area contributed by atoms with Crippen molar-refractivity contribution in [2.75, 3.05) is 13.7 Å². The van der Waals surface area contributed by atoms with Gasteiger partial charge in [0.15, 0.2) is 0 Å². The van der Waals surface area contributed by atoms with Crippen LogP contribution in [0.3, 0.4) is 0 Å². The third kappa shape index (κ3) is 4.32. The van der Waals surface area contributed by atoms with Gasteiger partial charge in [-0.05, 0) is 36.8 Å². The summed E-state index contributed by atoms with van der Waals surface area (Å²) in [6.07, 6.45) is 0.876. The molecule has 0 amide bonds. The fraction of sp³-hybridized carbons (Fsp3) is 0.222. The van der Waals surface area contributed by atoms with E-state index in [9.17, 15) is 9.59 Å². The summed E-state index contributed by atoms with van der Waals surface area (Å²) >= 11 is 0. The zero-order chi connectivity index (χ0) is 16.7. The lowest BCUT2D eigenvalue weighted by atomic mass is 10.2. The van der Waals surface area contributed by atoms with Crippen LogP contribution in [0.15, 0.2) is 48.5 Å². The number of carbonyl (C=O) groups excluding carboxylic acids is 2. The van der Waals surface area contributed by atoms with Crippen molar-refractivity contribution in [2.24, 2.45) is 0 Å². The van der Waals surface area contributed by atoms with Gasteiger partial charge in [-0.2, -0.15) is 0 Å². The van der Waals surface area contributed by atoms with Crippen molar-refractivity contribution in [3.63, 3.8) is 0 Å². The fourth-order valence-electron chi connectivity index (χ4n) is 1.93. The second-order valence-corrected chi connectivity index (χ2v) is 4.75. The number of benzene rings is 2. The molecular weight excluding hydrogens is 296 g/mol. The van der Waals surface area contributed by atoms with Crippen molar-refractivity contribution >= 4 is 11.9 Å². The Labute approximate surface area is 134 Å². The minimum atomic E-state index is -0.566. The fourth-order valence-corrected chi connectivity index (χ4v) is 1.93. The summed E-state index contributed by atoms with van der Waals surface area (Å²) in [5.41, 5.74) is 0.542. The first-order chi connectivity index (χ1) is 11.2. The molecule has 2 rings (SSSR count). The molecule has 0 spiro atoms. The van der Waals surface area contributed by atoms with Crippen LogP contribution >= 0.6 is 0 Å². The van der Waals surface area contributed by atoms with Crippen LogP contribution in [0.1, 0.15) is 34.1 Å². The average Bonchev–Trinajstić information content (AvgIpc) is 2.60. The lowest BCUT2D eigenvalue weighted by molar-refractivity contribution is 0.0593. The van der Waals surface area contributed by atoms with E-state index in [4.69, 9.17) is 9.47 Å². The summed E-state index contributed by atoms with van der Waals surface area (Å²) in [4.78, 5) is 24.0. The Balaban J connectivity index is 2.18. The minimum Gasteiger partial charge on any atom is -0.494 e. The van der Waals surface area contributed by atoms with E-state index in [1.807, 2.05) is 6.92 Å². The zero-order valence-electron chi connectivity index (χ0n) is 13.1. The van der Waals surface area contributed by atoms with Crippen molar-refractivity contribution in [1.29, 1.82) is 0 Å². The van der Waals surface area contributed by atoms with Crippen molar-refractivity contribution in [3.8, 4) is 11.5 Å². The topological polar surface area (TPSA) is 61.8 Å². The Morgan fingerprint density at radius 3 is 2.52 bits per heavy atom. The van der Waals surface area contributed by atoms with E-state index in [-0.39, 0.29) is 11.3 Å². The number of para-hydroxylation sites is 1. The SMILES string of the molecule is CCCOc1cccc(C(=O)Oc2ccccc2C(=O)OC)c1. The lowest BCUT2D eigenvalue weighted by Crippen LogP contribution is -2.12. The third-order valence-corrected chi connectivity index (χ3v) is 3.04. The van der Waals surface area contributed by atoms with Gasteiger partial charge in [-0.1, -0.05) is 25.1 Å². The summed E-state index contributed by atoms with van der Waals surface area (Å²) in [6, 6.07) is 13.2. The van der Waals surface area contributed by atoms with Crippen LogP contribution in [0.4, 0.5) is 0 Å². The van der Waals surface area contributed by atoms with E-state index in [1.54, 1.807) is 42.5 Å². The largest absolute Gasteiger partial charge is 0.494 e. The molecule has 0 radical (unpaired) electrons. The highest BCUT2D eigenvalue weighted by atomic mass is 16.5. The van der Waals surface area contributed by atoms with Gasteiger partial charge in [-0.15, -0.1) is 0 Å². The Morgan fingerprint density at radius 2 is 1.78 bits per heavy atom. The summed E-state index contributed by atoms with van der Waals surface area (Å²) in [5, 5.41) is 0. The van der Waals surface area contributed by atoms with Gasteiger partial charge in [-0.25, -0.2) is 9.59 Å². The normalized spacial score (nSPS) is 10.0. The van der Waals surface area contributed by atoms with Crippen molar-refractivity contribution < 1.29 is 23.8 Å². The quantitative estimate of drug-likeness (QED) is 0.603. The minimum absolute atomic E-state index is 0.157.